The Balaban J connectivity index is 2.48. The molecular formula is C14H8N2S. The summed E-state index contributed by atoms with van der Waals surface area (Å²) in [5, 5.41) is 6.88. The molecule has 0 radical (unpaired) electrons. The van der Waals surface area contributed by atoms with E-state index >= 15 is 0 Å². The summed E-state index contributed by atoms with van der Waals surface area (Å²) in [6.07, 6.45) is 1.84. The van der Waals surface area contributed by atoms with Crippen LogP contribution in [0.3, 0.4) is 0 Å². The number of nitrogens with zero attached hydrogens (tertiary/aromatic N) is 2. The summed E-state index contributed by atoms with van der Waals surface area (Å²) < 4.78 is 4.50. The molecule has 3 heteroatoms. The summed E-state index contributed by atoms with van der Waals surface area (Å²) in [5.74, 6) is 0. The maximum atomic E-state index is 4.50. The van der Waals surface area contributed by atoms with Gasteiger partial charge < -0.3 is 0 Å². The molecule has 0 amide bonds. The molecule has 2 nitrogen and oxygen atoms in total. The third kappa shape index (κ3) is 1.14. The number of hydrogen-bond donors (Lipinski definition) is 0. The fourth-order valence-corrected chi connectivity index (χ4v) is 3.04. The molecule has 0 aliphatic heterocycles. The van der Waals surface area contributed by atoms with Gasteiger partial charge in [0.1, 0.15) is 0 Å². The van der Waals surface area contributed by atoms with Gasteiger partial charge in [0.15, 0.2) is 0 Å². The SMILES string of the molecule is c1ccc2c(c1)c1cccnc1c1csnc21. The molecule has 2 aromatic heterocycles. The molecule has 0 aliphatic carbocycles. The van der Waals surface area contributed by atoms with Crippen molar-refractivity contribution in [3.8, 4) is 0 Å². The van der Waals surface area contributed by atoms with Crippen LogP contribution < -0.4 is 0 Å². The fraction of sp³-hybridized carbons (Fsp3) is 0. The van der Waals surface area contributed by atoms with E-state index in [2.05, 4.69) is 45.1 Å². The Morgan fingerprint density at radius 1 is 0.765 bits per heavy atom. The van der Waals surface area contributed by atoms with Crippen molar-refractivity contribution in [1.29, 1.82) is 0 Å². The van der Waals surface area contributed by atoms with Crippen LogP contribution in [0.5, 0.6) is 0 Å². The molecule has 4 rings (SSSR count). The van der Waals surface area contributed by atoms with E-state index in [4.69, 9.17) is 0 Å². The number of hydrogen-bond acceptors (Lipinski definition) is 3. The molecule has 2 aromatic carbocycles. The van der Waals surface area contributed by atoms with E-state index in [1.165, 1.54) is 27.7 Å². The van der Waals surface area contributed by atoms with E-state index in [0.29, 0.717) is 0 Å². The van der Waals surface area contributed by atoms with Crippen LogP contribution in [0.1, 0.15) is 0 Å². The molecule has 0 aliphatic rings. The van der Waals surface area contributed by atoms with Crippen LogP contribution in [0.2, 0.25) is 0 Å². The van der Waals surface area contributed by atoms with Gasteiger partial charge in [-0.2, -0.15) is 4.37 Å². The molecule has 0 atom stereocenters. The third-order valence-corrected chi connectivity index (χ3v) is 3.73. The highest BCUT2D eigenvalue weighted by atomic mass is 32.1. The number of rotatable bonds is 0. The number of pyridine rings is 1. The smallest absolute Gasteiger partial charge is 0.0941 e. The Morgan fingerprint density at radius 2 is 1.53 bits per heavy atom. The van der Waals surface area contributed by atoms with Crippen LogP contribution in [0.15, 0.2) is 48.0 Å². The summed E-state index contributed by atoms with van der Waals surface area (Å²) in [4.78, 5) is 4.50. The first-order valence-corrected chi connectivity index (χ1v) is 6.28. The Morgan fingerprint density at radius 3 is 2.47 bits per heavy atom. The summed E-state index contributed by atoms with van der Waals surface area (Å²) in [6.45, 7) is 0. The largest absolute Gasteiger partial charge is 0.255 e. The van der Waals surface area contributed by atoms with Gasteiger partial charge in [-0.05, 0) is 23.0 Å². The van der Waals surface area contributed by atoms with Crippen LogP contribution in [-0.4, -0.2) is 9.36 Å². The van der Waals surface area contributed by atoms with Gasteiger partial charge in [0.25, 0.3) is 0 Å². The van der Waals surface area contributed by atoms with E-state index in [-0.39, 0.29) is 0 Å². The van der Waals surface area contributed by atoms with E-state index in [1.54, 1.807) is 0 Å². The number of benzene rings is 2. The predicted molar refractivity (Wildman–Crippen MR) is 72.4 cm³/mol. The second kappa shape index (κ2) is 3.25. The second-order valence-corrected chi connectivity index (χ2v) is 4.65. The topological polar surface area (TPSA) is 25.8 Å². The van der Waals surface area contributed by atoms with Crippen molar-refractivity contribution in [1.82, 2.24) is 9.36 Å². The average molecular weight is 236 g/mol. The van der Waals surface area contributed by atoms with E-state index in [9.17, 15) is 0 Å². The highest BCUT2D eigenvalue weighted by Gasteiger charge is 2.09. The Kier molecular flexibility index (Phi) is 1.73. The van der Waals surface area contributed by atoms with Gasteiger partial charge in [0.05, 0.1) is 11.0 Å². The van der Waals surface area contributed by atoms with Gasteiger partial charge >= 0.3 is 0 Å². The zero-order chi connectivity index (χ0) is 11.2. The third-order valence-electron chi connectivity index (χ3n) is 3.10. The summed E-state index contributed by atoms with van der Waals surface area (Å²) in [5.41, 5.74) is 2.12. The highest BCUT2D eigenvalue weighted by molar-refractivity contribution is 7.05. The standard InChI is InChI=1S/C14H8N2S/c1-2-5-11-9(4-1)10-6-3-7-15-13(10)12-8-17-16-14(11)12/h1-8H. The van der Waals surface area contributed by atoms with Crippen LogP contribution in [0, 0.1) is 0 Å². The normalized spacial score (nSPS) is 11.5. The van der Waals surface area contributed by atoms with Crippen molar-refractivity contribution < 1.29 is 0 Å². The van der Waals surface area contributed by atoms with Crippen molar-refractivity contribution in [2.45, 2.75) is 0 Å². The molecule has 2 heterocycles. The predicted octanol–water partition coefficient (Wildman–Crippen LogP) is 4.00. The van der Waals surface area contributed by atoms with E-state index in [1.807, 2.05) is 12.3 Å². The first-order chi connectivity index (χ1) is 8.45. The molecule has 0 unspecified atom stereocenters. The zero-order valence-corrected chi connectivity index (χ0v) is 9.74. The molecule has 0 fully saturated rings. The second-order valence-electron chi connectivity index (χ2n) is 4.02. The van der Waals surface area contributed by atoms with E-state index < -0.39 is 0 Å². The van der Waals surface area contributed by atoms with Crippen molar-refractivity contribution >= 4 is 44.1 Å². The molecule has 0 saturated heterocycles. The van der Waals surface area contributed by atoms with Crippen LogP contribution in [-0.2, 0) is 0 Å². The minimum absolute atomic E-state index is 1.05. The van der Waals surface area contributed by atoms with Gasteiger partial charge in [-0.15, -0.1) is 0 Å². The minimum atomic E-state index is 1.05. The Bertz CT molecular complexity index is 779. The van der Waals surface area contributed by atoms with Crippen LogP contribution in [0.4, 0.5) is 0 Å². The quantitative estimate of drug-likeness (QED) is 0.431. The van der Waals surface area contributed by atoms with Gasteiger partial charge in [0, 0.05) is 27.7 Å². The Hall–Kier alpha value is -2.00. The van der Waals surface area contributed by atoms with E-state index in [0.717, 1.165) is 16.4 Å². The van der Waals surface area contributed by atoms with Gasteiger partial charge in [-0.25, -0.2) is 0 Å². The summed E-state index contributed by atoms with van der Waals surface area (Å²) >= 11 is 1.49. The van der Waals surface area contributed by atoms with Gasteiger partial charge in [-0.1, -0.05) is 30.3 Å². The highest BCUT2D eigenvalue weighted by Crippen LogP contribution is 2.33. The lowest BCUT2D eigenvalue weighted by Gasteiger charge is -2.04. The minimum Gasteiger partial charge on any atom is -0.255 e. The fourth-order valence-electron chi connectivity index (χ4n) is 2.36. The lowest BCUT2D eigenvalue weighted by molar-refractivity contribution is 1.43. The first-order valence-electron chi connectivity index (χ1n) is 5.45. The number of fused-ring (bicyclic) bond motifs is 6. The molecule has 0 N–H and O–H groups in total. The zero-order valence-electron chi connectivity index (χ0n) is 8.92. The van der Waals surface area contributed by atoms with Crippen molar-refractivity contribution in [3.05, 3.63) is 48.0 Å². The average Bonchev–Trinajstić information content (AvgIpc) is 2.89. The van der Waals surface area contributed by atoms with Crippen molar-refractivity contribution in [2.24, 2.45) is 0 Å². The van der Waals surface area contributed by atoms with Gasteiger partial charge in [-0.3, -0.25) is 4.98 Å². The molecule has 4 aromatic rings. The van der Waals surface area contributed by atoms with Gasteiger partial charge in [0.2, 0.25) is 0 Å². The first kappa shape index (κ1) is 9.07. The molecule has 17 heavy (non-hydrogen) atoms. The van der Waals surface area contributed by atoms with Crippen molar-refractivity contribution in [2.75, 3.05) is 0 Å². The number of aromatic nitrogens is 2. The molecule has 0 spiro atoms. The molecule has 0 bridgehead atoms. The maximum Gasteiger partial charge on any atom is 0.0941 e. The van der Waals surface area contributed by atoms with Crippen LogP contribution in [0.25, 0.3) is 32.6 Å². The maximum absolute atomic E-state index is 4.50. The molecular weight excluding hydrogens is 228 g/mol. The lowest BCUT2D eigenvalue weighted by Crippen LogP contribution is -1.83. The summed E-state index contributed by atoms with van der Waals surface area (Å²) in [6, 6.07) is 12.5. The molecule has 0 saturated carbocycles. The van der Waals surface area contributed by atoms with Crippen molar-refractivity contribution in [3.63, 3.8) is 0 Å². The monoisotopic (exact) mass is 236 g/mol. The Labute approximate surface area is 102 Å². The van der Waals surface area contributed by atoms with Crippen LogP contribution >= 0.6 is 11.5 Å². The molecule has 80 valence electrons. The summed E-state index contributed by atoms with van der Waals surface area (Å²) in [7, 11) is 0. The lowest BCUT2D eigenvalue weighted by atomic mass is 10.0.